The second-order valence-corrected chi connectivity index (χ2v) is 5.79. The summed E-state index contributed by atoms with van der Waals surface area (Å²) in [7, 11) is 2.13. The van der Waals surface area contributed by atoms with Gasteiger partial charge in [-0.15, -0.1) is 0 Å². The number of likely N-dealkylation sites (N-methyl/N-ethyl adjacent to an activating group) is 1. The van der Waals surface area contributed by atoms with Crippen LogP contribution in [0.2, 0.25) is 5.02 Å². The summed E-state index contributed by atoms with van der Waals surface area (Å²) in [6.07, 6.45) is 0.897. The normalized spacial score (nSPS) is 16.9. The van der Waals surface area contributed by atoms with E-state index in [0.717, 1.165) is 45.2 Å². The summed E-state index contributed by atoms with van der Waals surface area (Å²) >= 11 is 5.86. The van der Waals surface area contributed by atoms with Gasteiger partial charge in [0.25, 0.3) is 5.91 Å². The SMILES string of the molecule is CN1CCN(CCCNC(=O)c2ccc(F)cc2Cl)CC1. The molecule has 4 nitrogen and oxygen atoms in total. The fraction of sp³-hybridized carbons (Fsp3) is 0.533. The molecule has 1 saturated heterocycles. The Morgan fingerprint density at radius 1 is 1.33 bits per heavy atom. The van der Waals surface area contributed by atoms with E-state index >= 15 is 0 Å². The number of rotatable bonds is 5. The minimum Gasteiger partial charge on any atom is -0.352 e. The molecular formula is C15H21ClFN3O. The summed E-state index contributed by atoms with van der Waals surface area (Å²) in [6, 6.07) is 3.80. The summed E-state index contributed by atoms with van der Waals surface area (Å²) in [5.74, 6) is -0.690. The number of amides is 1. The highest BCUT2D eigenvalue weighted by Crippen LogP contribution is 2.16. The van der Waals surface area contributed by atoms with Crippen LogP contribution in [0.4, 0.5) is 4.39 Å². The number of halogens is 2. The number of piperazine rings is 1. The standard InChI is InChI=1S/C15H21ClFN3O/c1-19-7-9-20(10-8-19)6-2-5-18-15(21)13-4-3-12(17)11-14(13)16/h3-4,11H,2,5-10H2,1H3,(H,18,21). The molecule has 0 spiro atoms. The van der Waals surface area contributed by atoms with Crippen LogP contribution in [-0.4, -0.2) is 62.0 Å². The number of hydrogen-bond donors (Lipinski definition) is 1. The number of hydrogen-bond acceptors (Lipinski definition) is 3. The van der Waals surface area contributed by atoms with Gasteiger partial charge in [-0.3, -0.25) is 4.79 Å². The summed E-state index contributed by atoms with van der Waals surface area (Å²) in [4.78, 5) is 16.6. The first-order valence-corrected chi connectivity index (χ1v) is 7.58. The Morgan fingerprint density at radius 2 is 2.05 bits per heavy atom. The highest BCUT2D eigenvalue weighted by Gasteiger charge is 2.14. The third-order valence-electron chi connectivity index (χ3n) is 3.71. The first kappa shape index (κ1) is 16.2. The van der Waals surface area contributed by atoms with E-state index in [4.69, 9.17) is 11.6 Å². The van der Waals surface area contributed by atoms with Gasteiger partial charge >= 0.3 is 0 Å². The van der Waals surface area contributed by atoms with E-state index in [1.165, 1.54) is 12.1 Å². The molecule has 0 bridgehead atoms. The molecule has 0 saturated carbocycles. The Labute approximate surface area is 129 Å². The number of carbonyl (C=O) groups is 1. The Bertz CT molecular complexity index is 490. The van der Waals surface area contributed by atoms with Gasteiger partial charge in [0, 0.05) is 32.7 Å². The van der Waals surface area contributed by atoms with Gasteiger partial charge in [0.15, 0.2) is 0 Å². The van der Waals surface area contributed by atoms with Crippen LogP contribution in [0.3, 0.4) is 0 Å². The average molecular weight is 314 g/mol. The zero-order valence-electron chi connectivity index (χ0n) is 12.2. The number of nitrogens with one attached hydrogen (secondary N) is 1. The predicted octanol–water partition coefficient (Wildman–Crippen LogP) is 1.85. The number of carbonyl (C=O) groups excluding carboxylic acids is 1. The molecule has 1 N–H and O–H groups in total. The molecule has 0 aliphatic carbocycles. The van der Waals surface area contributed by atoms with Crippen LogP contribution in [0.1, 0.15) is 16.8 Å². The van der Waals surface area contributed by atoms with Crippen molar-refractivity contribution in [2.24, 2.45) is 0 Å². The van der Waals surface area contributed by atoms with Crippen molar-refractivity contribution in [1.29, 1.82) is 0 Å². The molecule has 0 aromatic heterocycles. The van der Waals surface area contributed by atoms with Crippen LogP contribution in [0, 0.1) is 5.82 Å². The fourth-order valence-corrected chi connectivity index (χ4v) is 2.60. The van der Waals surface area contributed by atoms with Crippen LogP contribution in [0.5, 0.6) is 0 Å². The third kappa shape index (κ3) is 4.95. The lowest BCUT2D eigenvalue weighted by Gasteiger charge is -2.32. The van der Waals surface area contributed by atoms with Crippen LogP contribution in [0.25, 0.3) is 0 Å². The highest BCUT2D eigenvalue weighted by atomic mass is 35.5. The maximum atomic E-state index is 12.9. The van der Waals surface area contributed by atoms with Gasteiger partial charge in [-0.2, -0.15) is 0 Å². The van der Waals surface area contributed by atoms with Gasteiger partial charge in [-0.1, -0.05) is 11.6 Å². The van der Waals surface area contributed by atoms with E-state index in [1.54, 1.807) is 0 Å². The molecule has 1 aliphatic rings. The van der Waals surface area contributed by atoms with Crippen molar-refractivity contribution in [2.75, 3.05) is 46.3 Å². The van der Waals surface area contributed by atoms with E-state index < -0.39 is 5.82 Å². The van der Waals surface area contributed by atoms with E-state index in [2.05, 4.69) is 22.2 Å². The Hall–Kier alpha value is -1.17. The second-order valence-electron chi connectivity index (χ2n) is 5.38. The third-order valence-corrected chi connectivity index (χ3v) is 4.02. The van der Waals surface area contributed by atoms with E-state index in [1.807, 2.05) is 0 Å². The van der Waals surface area contributed by atoms with Crippen LogP contribution < -0.4 is 5.32 Å². The van der Waals surface area contributed by atoms with Crippen molar-refractivity contribution < 1.29 is 9.18 Å². The highest BCUT2D eigenvalue weighted by molar-refractivity contribution is 6.33. The van der Waals surface area contributed by atoms with Gasteiger partial charge in [0.05, 0.1) is 10.6 Å². The Morgan fingerprint density at radius 3 is 2.71 bits per heavy atom. The first-order valence-electron chi connectivity index (χ1n) is 7.20. The molecule has 1 amide bonds. The van der Waals surface area contributed by atoms with Crippen molar-refractivity contribution in [3.8, 4) is 0 Å². The molecule has 0 atom stereocenters. The van der Waals surface area contributed by atoms with Gasteiger partial charge in [0.1, 0.15) is 5.82 Å². The van der Waals surface area contributed by atoms with Gasteiger partial charge in [-0.25, -0.2) is 4.39 Å². The molecule has 0 radical (unpaired) electrons. The molecule has 21 heavy (non-hydrogen) atoms. The van der Waals surface area contributed by atoms with Crippen molar-refractivity contribution >= 4 is 17.5 Å². The van der Waals surface area contributed by atoms with Gasteiger partial charge in [-0.05, 0) is 38.2 Å². The number of nitrogens with zero attached hydrogens (tertiary/aromatic N) is 2. The maximum absolute atomic E-state index is 12.9. The van der Waals surface area contributed by atoms with Crippen LogP contribution in [0.15, 0.2) is 18.2 Å². The van der Waals surface area contributed by atoms with Crippen LogP contribution >= 0.6 is 11.6 Å². The van der Waals surface area contributed by atoms with Crippen molar-refractivity contribution in [1.82, 2.24) is 15.1 Å². The Balaban J connectivity index is 1.69. The van der Waals surface area contributed by atoms with Gasteiger partial charge < -0.3 is 15.1 Å². The lowest BCUT2D eigenvalue weighted by Crippen LogP contribution is -2.45. The molecule has 1 aliphatic heterocycles. The molecule has 0 unspecified atom stereocenters. The van der Waals surface area contributed by atoms with Gasteiger partial charge in [0.2, 0.25) is 0 Å². The smallest absolute Gasteiger partial charge is 0.252 e. The molecular weight excluding hydrogens is 293 g/mol. The second kappa shape index (κ2) is 7.73. The Kier molecular flexibility index (Phi) is 5.96. The summed E-state index contributed by atoms with van der Waals surface area (Å²) in [6.45, 7) is 5.92. The van der Waals surface area contributed by atoms with Crippen molar-refractivity contribution in [2.45, 2.75) is 6.42 Å². The van der Waals surface area contributed by atoms with E-state index in [9.17, 15) is 9.18 Å². The largest absolute Gasteiger partial charge is 0.352 e. The van der Waals surface area contributed by atoms with E-state index in [0.29, 0.717) is 12.1 Å². The zero-order chi connectivity index (χ0) is 15.2. The quantitative estimate of drug-likeness (QED) is 0.843. The predicted molar refractivity (Wildman–Crippen MR) is 82.3 cm³/mol. The summed E-state index contributed by atoms with van der Waals surface area (Å²) in [5.41, 5.74) is 0.317. The van der Waals surface area contributed by atoms with Crippen molar-refractivity contribution in [3.63, 3.8) is 0 Å². The number of benzene rings is 1. The fourth-order valence-electron chi connectivity index (χ4n) is 2.34. The summed E-state index contributed by atoms with van der Waals surface area (Å²) in [5, 5.41) is 2.97. The molecule has 116 valence electrons. The van der Waals surface area contributed by atoms with E-state index in [-0.39, 0.29) is 10.9 Å². The molecule has 2 rings (SSSR count). The zero-order valence-corrected chi connectivity index (χ0v) is 13.0. The molecule has 6 heteroatoms. The monoisotopic (exact) mass is 313 g/mol. The topological polar surface area (TPSA) is 35.6 Å². The van der Waals surface area contributed by atoms with Crippen LogP contribution in [-0.2, 0) is 0 Å². The first-order chi connectivity index (χ1) is 10.1. The molecule has 1 fully saturated rings. The molecule has 1 heterocycles. The maximum Gasteiger partial charge on any atom is 0.252 e. The average Bonchev–Trinajstić information content (AvgIpc) is 2.45. The lowest BCUT2D eigenvalue weighted by molar-refractivity contribution is 0.0949. The minimum absolute atomic E-state index is 0.145. The molecule has 1 aromatic rings. The minimum atomic E-state index is -0.438. The van der Waals surface area contributed by atoms with Crippen molar-refractivity contribution in [3.05, 3.63) is 34.6 Å². The lowest BCUT2D eigenvalue weighted by atomic mass is 10.2. The molecule has 1 aromatic carbocycles. The summed E-state index contributed by atoms with van der Waals surface area (Å²) < 4.78 is 12.9.